The Hall–Kier alpha value is -4.85. The molecule has 2 N–H and O–H groups in total. The summed E-state index contributed by atoms with van der Waals surface area (Å²) in [7, 11) is 1.53. The monoisotopic (exact) mass is 512 g/mol. The van der Waals surface area contributed by atoms with Gasteiger partial charge in [0.05, 0.1) is 7.11 Å². The van der Waals surface area contributed by atoms with Gasteiger partial charge in [-0.2, -0.15) is 0 Å². The van der Waals surface area contributed by atoms with Crippen molar-refractivity contribution in [3.8, 4) is 17.2 Å². The van der Waals surface area contributed by atoms with E-state index in [1.807, 2.05) is 42.5 Å². The highest BCUT2D eigenvalue weighted by molar-refractivity contribution is 5.93. The van der Waals surface area contributed by atoms with Crippen molar-refractivity contribution in [2.75, 3.05) is 24.4 Å². The van der Waals surface area contributed by atoms with Gasteiger partial charge in [-0.15, -0.1) is 0 Å². The predicted octanol–water partition coefficient (Wildman–Crippen LogP) is 5.93. The third-order valence-electron chi connectivity index (χ3n) is 5.60. The van der Waals surface area contributed by atoms with Gasteiger partial charge in [-0.1, -0.05) is 36.4 Å². The molecular weight excluding hydrogens is 484 g/mol. The van der Waals surface area contributed by atoms with Crippen LogP contribution in [0.3, 0.4) is 0 Å². The third kappa shape index (κ3) is 7.83. The maximum atomic E-state index is 12.2. The van der Waals surface area contributed by atoms with Crippen LogP contribution in [0.1, 0.15) is 19.3 Å². The van der Waals surface area contributed by atoms with Crippen molar-refractivity contribution in [2.24, 2.45) is 0 Å². The predicted molar refractivity (Wildman–Crippen MR) is 146 cm³/mol. The van der Waals surface area contributed by atoms with E-state index in [0.29, 0.717) is 29.3 Å². The zero-order chi connectivity index (χ0) is 26.7. The molecular formula is C30H28N2O6. The van der Waals surface area contributed by atoms with Crippen LogP contribution in [-0.4, -0.2) is 31.5 Å². The van der Waals surface area contributed by atoms with E-state index in [9.17, 15) is 14.4 Å². The first-order chi connectivity index (χ1) is 18.5. The average molecular weight is 513 g/mol. The van der Waals surface area contributed by atoms with Crippen molar-refractivity contribution in [3.05, 3.63) is 91.0 Å². The summed E-state index contributed by atoms with van der Waals surface area (Å²) >= 11 is 0. The normalized spacial score (nSPS) is 10.4. The number of fused-ring (bicyclic) bond motifs is 1. The molecule has 0 spiro atoms. The molecule has 0 aliphatic heterocycles. The molecule has 38 heavy (non-hydrogen) atoms. The minimum Gasteiger partial charge on any atom is -0.497 e. The Morgan fingerprint density at radius 2 is 1.39 bits per heavy atom. The zero-order valence-corrected chi connectivity index (χ0v) is 20.9. The molecule has 0 heterocycles. The van der Waals surface area contributed by atoms with E-state index in [1.54, 1.807) is 48.5 Å². The molecule has 0 aliphatic rings. The lowest BCUT2D eigenvalue weighted by Crippen LogP contribution is -2.21. The summed E-state index contributed by atoms with van der Waals surface area (Å²) in [6.45, 7) is -0.407. The molecule has 4 aromatic rings. The second-order valence-corrected chi connectivity index (χ2v) is 8.48. The van der Waals surface area contributed by atoms with Crippen LogP contribution in [0.15, 0.2) is 91.0 Å². The lowest BCUT2D eigenvalue weighted by Gasteiger charge is -2.09. The lowest BCUT2D eigenvalue weighted by molar-refractivity contribution is -0.147. The van der Waals surface area contributed by atoms with Crippen molar-refractivity contribution in [1.29, 1.82) is 0 Å². The molecule has 0 fully saturated rings. The van der Waals surface area contributed by atoms with Gasteiger partial charge in [0.1, 0.15) is 17.2 Å². The van der Waals surface area contributed by atoms with E-state index < -0.39 is 18.5 Å². The van der Waals surface area contributed by atoms with Gasteiger partial charge >= 0.3 is 5.97 Å². The summed E-state index contributed by atoms with van der Waals surface area (Å²) in [5, 5.41) is 7.66. The topological polar surface area (TPSA) is 103 Å². The van der Waals surface area contributed by atoms with Gasteiger partial charge in [-0.05, 0) is 65.7 Å². The Morgan fingerprint density at radius 1 is 0.658 bits per heavy atom. The van der Waals surface area contributed by atoms with Crippen molar-refractivity contribution in [1.82, 2.24) is 0 Å². The molecule has 0 saturated heterocycles. The zero-order valence-electron chi connectivity index (χ0n) is 20.9. The second-order valence-electron chi connectivity index (χ2n) is 8.48. The molecule has 0 radical (unpaired) electrons. The number of anilines is 2. The van der Waals surface area contributed by atoms with Gasteiger partial charge < -0.3 is 24.8 Å². The van der Waals surface area contributed by atoms with Gasteiger partial charge in [0.2, 0.25) is 5.91 Å². The maximum absolute atomic E-state index is 12.2. The van der Waals surface area contributed by atoms with E-state index in [2.05, 4.69) is 10.6 Å². The summed E-state index contributed by atoms with van der Waals surface area (Å²) in [6.07, 6.45) is 0.462. The highest BCUT2D eigenvalue weighted by Gasteiger charge is 2.10. The number of hydrogen-bond acceptors (Lipinski definition) is 6. The summed E-state index contributed by atoms with van der Waals surface area (Å²) in [5.41, 5.74) is 1.16. The number of carbonyl (C=O) groups excluding carboxylic acids is 3. The van der Waals surface area contributed by atoms with Crippen LogP contribution in [0.25, 0.3) is 10.8 Å². The maximum Gasteiger partial charge on any atom is 0.306 e. The number of ether oxygens (including phenoxy) is 3. The van der Waals surface area contributed by atoms with Crippen LogP contribution in [0, 0.1) is 0 Å². The standard InChI is InChI=1S/C30H28N2O6/c1-36-26-9-4-8-24(19-26)32-29(34)20-37-30(35)11-5-10-28(33)31-23-13-16-25(17-14-23)38-27-15-12-21-6-2-3-7-22(21)18-27/h2-4,6-9,12-19H,5,10-11,20H2,1H3,(H,31,33)(H,32,34). The largest absolute Gasteiger partial charge is 0.497 e. The molecule has 0 bridgehead atoms. The molecule has 0 aromatic heterocycles. The molecule has 4 rings (SSSR count). The first kappa shape index (κ1) is 26.2. The van der Waals surface area contributed by atoms with Gasteiger partial charge in [-0.3, -0.25) is 14.4 Å². The Kier molecular flexibility index (Phi) is 8.91. The van der Waals surface area contributed by atoms with Crippen LogP contribution >= 0.6 is 0 Å². The van der Waals surface area contributed by atoms with Crippen molar-refractivity contribution in [3.63, 3.8) is 0 Å². The fraction of sp³-hybridized carbons (Fsp3) is 0.167. The number of amides is 2. The number of methoxy groups -OCH3 is 1. The van der Waals surface area contributed by atoms with E-state index >= 15 is 0 Å². The van der Waals surface area contributed by atoms with Gasteiger partial charge in [-0.25, -0.2) is 0 Å². The average Bonchev–Trinajstić information content (AvgIpc) is 2.93. The first-order valence-electron chi connectivity index (χ1n) is 12.1. The van der Waals surface area contributed by atoms with Crippen molar-refractivity contribution >= 4 is 39.9 Å². The van der Waals surface area contributed by atoms with E-state index in [1.165, 1.54) is 7.11 Å². The number of esters is 1. The molecule has 0 atom stereocenters. The Bertz CT molecular complexity index is 1420. The molecule has 8 heteroatoms. The third-order valence-corrected chi connectivity index (χ3v) is 5.60. The summed E-state index contributed by atoms with van der Waals surface area (Å²) in [5.74, 6) is 0.743. The Morgan fingerprint density at radius 3 is 2.18 bits per heavy atom. The van der Waals surface area contributed by atoms with Crippen molar-refractivity contribution < 1.29 is 28.6 Å². The van der Waals surface area contributed by atoms with E-state index in [4.69, 9.17) is 14.2 Å². The number of hydrogen-bond donors (Lipinski definition) is 2. The van der Waals surface area contributed by atoms with Gasteiger partial charge in [0, 0.05) is 30.3 Å². The summed E-state index contributed by atoms with van der Waals surface area (Å²) in [4.78, 5) is 36.2. The SMILES string of the molecule is COc1cccc(NC(=O)COC(=O)CCCC(=O)Nc2ccc(Oc3ccc4ccccc4c3)cc2)c1. The number of rotatable bonds is 11. The van der Waals surface area contributed by atoms with Gasteiger partial charge in [0.15, 0.2) is 6.61 Å². The first-order valence-corrected chi connectivity index (χ1v) is 12.1. The molecule has 0 unspecified atom stereocenters. The molecule has 4 aromatic carbocycles. The Labute approximate surface area is 220 Å². The quantitative estimate of drug-likeness (QED) is 0.242. The van der Waals surface area contributed by atoms with E-state index in [-0.39, 0.29) is 18.7 Å². The van der Waals surface area contributed by atoms with Crippen LogP contribution < -0.4 is 20.1 Å². The van der Waals surface area contributed by atoms with Crippen LogP contribution in [0.4, 0.5) is 11.4 Å². The summed E-state index contributed by atoms with van der Waals surface area (Å²) < 4.78 is 16.0. The number of nitrogens with one attached hydrogen (secondary N) is 2. The fourth-order valence-electron chi connectivity index (χ4n) is 3.71. The molecule has 2 amide bonds. The van der Waals surface area contributed by atoms with Crippen LogP contribution in [0.2, 0.25) is 0 Å². The number of benzene rings is 4. The molecule has 194 valence electrons. The minimum atomic E-state index is -0.547. The highest BCUT2D eigenvalue weighted by Crippen LogP contribution is 2.26. The van der Waals surface area contributed by atoms with Gasteiger partial charge in [0.25, 0.3) is 5.91 Å². The smallest absolute Gasteiger partial charge is 0.306 e. The fourth-order valence-corrected chi connectivity index (χ4v) is 3.71. The van der Waals surface area contributed by atoms with E-state index in [0.717, 1.165) is 16.5 Å². The number of carbonyl (C=O) groups is 3. The minimum absolute atomic E-state index is 0.0262. The molecule has 0 aliphatic carbocycles. The van der Waals surface area contributed by atoms with Crippen molar-refractivity contribution in [2.45, 2.75) is 19.3 Å². The second kappa shape index (κ2) is 12.9. The van der Waals surface area contributed by atoms with Crippen LogP contribution in [-0.2, 0) is 19.1 Å². The molecule has 8 nitrogen and oxygen atoms in total. The molecule has 0 saturated carbocycles. The summed E-state index contributed by atoms with van der Waals surface area (Å²) in [6, 6.07) is 27.8. The highest BCUT2D eigenvalue weighted by atomic mass is 16.5. The van der Waals surface area contributed by atoms with Crippen LogP contribution in [0.5, 0.6) is 17.2 Å². The lowest BCUT2D eigenvalue weighted by atomic mass is 10.1. The Balaban J connectivity index is 1.14.